The number of carbonyl (C=O) groups is 1. The van der Waals surface area contributed by atoms with Crippen LogP contribution < -0.4 is 18.9 Å². The van der Waals surface area contributed by atoms with Gasteiger partial charge in [0, 0.05) is 18.7 Å². The van der Waals surface area contributed by atoms with Crippen LogP contribution in [0.15, 0.2) is 97.1 Å². The molecule has 0 unspecified atom stereocenters. The van der Waals surface area contributed by atoms with E-state index in [0.717, 1.165) is 16.7 Å². The van der Waals surface area contributed by atoms with Crippen molar-refractivity contribution >= 4 is 5.91 Å². The molecule has 0 aliphatic rings. The van der Waals surface area contributed by atoms with Crippen LogP contribution in [0.5, 0.6) is 23.0 Å². The Balaban J connectivity index is 1.52. The Morgan fingerprint density at radius 2 is 1.21 bits per heavy atom. The standard InChI is InChI=1S/C32H33NO5/c1-35-28-16-14-24(20-30(28)36-2)18-19-33(32(34)27-12-8-5-9-13-27)22-26-15-17-29(31(21-26)37-3)38-23-25-10-6-4-7-11-25/h4-17,20-21H,18-19,22-23H2,1-3H3. The first-order valence-electron chi connectivity index (χ1n) is 12.5. The van der Waals surface area contributed by atoms with Gasteiger partial charge in [0.25, 0.3) is 5.91 Å². The highest BCUT2D eigenvalue weighted by Crippen LogP contribution is 2.30. The number of rotatable bonds is 12. The molecule has 0 saturated heterocycles. The van der Waals surface area contributed by atoms with Crippen molar-refractivity contribution < 1.29 is 23.7 Å². The third kappa shape index (κ3) is 6.85. The molecule has 0 spiro atoms. The van der Waals surface area contributed by atoms with Crippen LogP contribution in [-0.2, 0) is 19.6 Å². The number of hydrogen-bond donors (Lipinski definition) is 0. The summed E-state index contributed by atoms with van der Waals surface area (Å²) >= 11 is 0. The van der Waals surface area contributed by atoms with Crippen LogP contribution in [0.4, 0.5) is 0 Å². The third-order valence-electron chi connectivity index (χ3n) is 6.26. The summed E-state index contributed by atoms with van der Waals surface area (Å²) in [5.74, 6) is 2.60. The van der Waals surface area contributed by atoms with Gasteiger partial charge in [-0.05, 0) is 59.5 Å². The van der Waals surface area contributed by atoms with E-state index in [1.165, 1.54) is 0 Å². The molecule has 0 aliphatic carbocycles. The second-order valence-corrected chi connectivity index (χ2v) is 8.79. The lowest BCUT2D eigenvalue weighted by Gasteiger charge is -2.24. The van der Waals surface area contributed by atoms with Crippen molar-refractivity contribution in [3.63, 3.8) is 0 Å². The Morgan fingerprint density at radius 3 is 1.89 bits per heavy atom. The van der Waals surface area contributed by atoms with Crippen LogP contribution in [0.25, 0.3) is 0 Å². The SMILES string of the molecule is COc1ccc(CCN(Cc2ccc(OCc3ccccc3)c(OC)c2)C(=O)c2ccccc2)cc1OC. The summed E-state index contributed by atoms with van der Waals surface area (Å²) < 4.78 is 22.4. The first kappa shape index (κ1) is 26.6. The average Bonchev–Trinajstić information content (AvgIpc) is 2.98. The number of methoxy groups -OCH3 is 3. The number of nitrogens with zero attached hydrogens (tertiary/aromatic N) is 1. The van der Waals surface area contributed by atoms with Gasteiger partial charge in [-0.15, -0.1) is 0 Å². The lowest BCUT2D eigenvalue weighted by molar-refractivity contribution is 0.0745. The van der Waals surface area contributed by atoms with Crippen molar-refractivity contribution in [2.75, 3.05) is 27.9 Å². The lowest BCUT2D eigenvalue weighted by Crippen LogP contribution is -2.32. The van der Waals surface area contributed by atoms with Crippen molar-refractivity contribution in [1.29, 1.82) is 0 Å². The van der Waals surface area contributed by atoms with Crippen LogP contribution in [0.3, 0.4) is 0 Å². The molecule has 0 fully saturated rings. The fourth-order valence-electron chi connectivity index (χ4n) is 4.20. The molecule has 6 heteroatoms. The molecule has 4 aromatic carbocycles. The van der Waals surface area contributed by atoms with Gasteiger partial charge in [-0.2, -0.15) is 0 Å². The average molecular weight is 512 g/mol. The van der Waals surface area contributed by atoms with E-state index in [2.05, 4.69) is 0 Å². The fraction of sp³-hybridized carbons (Fsp3) is 0.219. The van der Waals surface area contributed by atoms with E-state index in [9.17, 15) is 4.79 Å². The van der Waals surface area contributed by atoms with E-state index in [1.807, 2.05) is 102 Å². The van der Waals surface area contributed by atoms with Gasteiger partial charge in [0.1, 0.15) is 6.61 Å². The monoisotopic (exact) mass is 511 g/mol. The zero-order valence-corrected chi connectivity index (χ0v) is 22.1. The summed E-state index contributed by atoms with van der Waals surface area (Å²) in [6.45, 7) is 1.40. The maximum atomic E-state index is 13.5. The topological polar surface area (TPSA) is 57.2 Å². The van der Waals surface area contributed by atoms with Crippen LogP contribution in [-0.4, -0.2) is 38.7 Å². The molecule has 0 atom stereocenters. The molecule has 196 valence electrons. The molecule has 0 N–H and O–H groups in total. The van der Waals surface area contributed by atoms with Gasteiger partial charge < -0.3 is 23.8 Å². The third-order valence-corrected chi connectivity index (χ3v) is 6.26. The van der Waals surface area contributed by atoms with E-state index in [-0.39, 0.29) is 5.91 Å². The van der Waals surface area contributed by atoms with Crippen LogP contribution in [0, 0.1) is 0 Å². The maximum Gasteiger partial charge on any atom is 0.254 e. The summed E-state index contributed by atoms with van der Waals surface area (Å²) in [7, 11) is 4.86. The zero-order chi connectivity index (χ0) is 26.7. The number of ether oxygens (including phenoxy) is 4. The summed E-state index contributed by atoms with van der Waals surface area (Å²) in [6.07, 6.45) is 0.661. The molecule has 0 aliphatic heterocycles. The van der Waals surface area contributed by atoms with Gasteiger partial charge in [0.05, 0.1) is 21.3 Å². The molecule has 0 radical (unpaired) electrons. The first-order chi connectivity index (χ1) is 18.6. The van der Waals surface area contributed by atoms with Crippen molar-refractivity contribution in [2.24, 2.45) is 0 Å². The zero-order valence-electron chi connectivity index (χ0n) is 22.1. The highest BCUT2D eigenvalue weighted by Gasteiger charge is 2.18. The van der Waals surface area contributed by atoms with Crippen LogP contribution >= 0.6 is 0 Å². The first-order valence-corrected chi connectivity index (χ1v) is 12.5. The summed E-state index contributed by atoms with van der Waals surface area (Å²) in [4.78, 5) is 15.4. The highest BCUT2D eigenvalue weighted by atomic mass is 16.5. The summed E-state index contributed by atoms with van der Waals surface area (Å²) in [5, 5.41) is 0. The van der Waals surface area contributed by atoms with E-state index in [0.29, 0.717) is 54.7 Å². The van der Waals surface area contributed by atoms with Gasteiger partial charge >= 0.3 is 0 Å². The molecule has 1 amide bonds. The van der Waals surface area contributed by atoms with Crippen LogP contribution in [0.1, 0.15) is 27.0 Å². The lowest BCUT2D eigenvalue weighted by atomic mass is 10.1. The van der Waals surface area contributed by atoms with Crippen molar-refractivity contribution in [2.45, 2.75) is 19.6 Å². The second-order valence-electron chi connectivity index (χ2n) is 8.79. The number of hydrogen-bond acceptors (Lipinski definition) is 5. The highest BCUT2D eigenvalue weighted by molar-refractivity contribution is 5.94. The largest absolute Gasteiger partial charge is 0.493 e. The molecular weight excluding hydrogens is 478 g/mol. The normalized spacial score (nSPS) is 10.5. The van der Waals surface area contributed by atoms with Crippen molar-refractivity contribution in [3.8, 4) is 23.0 Å². The van der Waals surface area contributed by atoms with E-state index in [1.54, 1.807) is 21.3 Å². The van der Waals surface area contributed by atoms with Gasteiger partial charge in [0.2, 0.25) is 0 Å². The summed E-state index contributed by atoms with van der Waals surface area (Å²) in [5.41, 5.74) is 3.73. The molecule has 4 rings (SSSR count). The quantitative estimate of drug-likeness (QED) is 0.227. The van der Waals surface area contributed by atoms with Crippen molar-refractivity contribution in [3.05, 3.63) is 119 Å². The Bertz CT molecular complexity index is 1320. The predicted molar refractivity (Wildman–Crippen MR) is 148 cm³/mol. The Kier molecular flexibility index (Phi) is 9.24. The van der Waals surface area contributed by atoms with Gasteiger partial charge in [0.15, 0.2) is 23.0 Å². The fourth-order valence-corrected chi connectivity index (χ4v) is 4.20. The molecule has 4 aromatic rings. The molecule has 0 heterocycles. The van der Waals surface area contributed by atoms with Crippen molar-refractivity contribution in [1.82, 2.24) is 4.90 Å². The smallest absolute Gasteiger partial charge is 0.254 e. The van der Waals surface area contributed by atoms with E-state index in [4.69, 9.17) is 18.9 Å². The van der Waals surface area contributed by atoms with E-state index < -0.39 is 0 Å². The Morgan fingerprint density at radius 1 is 0.632 bits per heavy atom. The Hall–Kier alpha value is -4.45. The summed E-state index contributed by atoms with van der Waals surface area (Å²) in [6, 6.07) is 31.0. The molecule has 0 saturated carbocycles. The Labute approximate surface area is 224 Å². The van der Waals surface area contributed by atoms with Gasteiger partial charge in [-0.3, -0.25) is 4.79 Å². The van der Waals surface area contributed by atoms with Crippen LogP contribution in [0.2, 0.25) is 0 Å². The predicted octanol–water partition coefficient (Wildman–Crippen LogP) is 6.18. The molecule has 0 bridgehead atoms. The second kappa shape index (κ2) is 13.2. The molecular formula is C32H33NO5. The number of amides is 1. The van der Waals surface area contributed by atoms with Gasteiger partial charge in [-0.25, -0.2) is 0 Å². The minimum Gasteiger partial charge on any atom is -0.493 e. The molecule has 6 nitrogen and oxygen atoms in total. The minimum absolute atomic E-state index is 0.0329. The van der Waals surface area contributed by atoms with E-state index >= 15 is 0 Å². The number of carbonyl (C=O) groups excluding carboxylic acids is 1. The molecule has 0 aromatic heterocycles. The molecule has 38 heavy (non-hydrogen) atoms. The minimum atomic E-state index is -0.0329. The van der Waals surface area contributed by atoms with Gasteiger partial charge in [-0.1, -0.05) is 60.7 Å². The number of benzene rings is 4. The maximum absolute atomic E-state index is 13.5.